The number of primary sulfonamides is 1. The fraction of sp³-hybridized carbons (Fsp3) is 0.250. The normalized spacial score (nSPS) is 19.0. The number of rotatable bonds is 9. The molecule has 3 aromatic carbocycles. The van der Waals surface area contributed by atoms with Crippen LogP contribution in [0.1, 0.15) is 30.2 Å². The molecule has 0 spiro atoms. The van der Waals surface area contributed by atoms with Gasteiger partial charge >= 0.3 is 4.87 Å². The summed E-state index contributed by atoms with van der Waals surface area (Å²) in [6.45, 7) is 5.44. The lowest BCUT2D eigenvalue weighted by Gasteiger charge is -2.31. The van der Waals surface area contributed by atoms with Gasteiger partial charge in [-0.1, -0.05) is 51.2 Å². The third-order valence-electron chi connectivity index (χ3n) is 8.28. The van der Waals surface area contributed by atoms with E-state index in [4.69, 9.17) is 5.14 Å². The van der Waals surface area contributed by atoms with Gasteiger partial charge in [0.05, 0.1) is 21.5 Å². The average Bonchev–Trinajstić information content (AvgIpc) is 3.48. The summed E-state index contributed by atoms with van der Waals surface area (Å²) in [6, 6.07) is 20.2. The molecule has 15 heteroatoms. The van der Waals surface area contributed by atoms with Crippen LogP contribution < -0.4 is 25.1 Å². The number of carbonyl (C=O) groups excluding carboxylic acids is 3. The van der Waals surface area contributed by atoms with E-state index in [0.717, 1.165) is 51.9 Å². The number of sulfonamides is 1. The van der Waals surface area contributed by atoms with E-state index in [1.54, 1.807) is 24.3 Å². The summed E-state index contributed by atoms with van der Waals surface area (Å²) in [5.41, 5.74) is 2.59. The van der Waals surface area contributed by atoms with Gasteiger partial charge in [-0.25, -0.2) is 18.5 Å². The molecule has 3 heterocycles. The van der Waals surface area contributed by atoms with Crippen LogP contribution in [0.3, 0.4) is 0 Å². The van der Waals surface area contributed by atoms with Crippen LogP contribution in [0.4, 0.5) is 17.1 Å². The van der Waals surface area contributed by atoms with Gasteiger partial charge < -0.3 is 10.2 Å². The second kappa shape index (κ2) is 13.0. The van der Waals surface area contributed by atoms with E-state index < -0.39 is 37.9 Å². The van der Waals surface area contributed by atoms with E-state index in [0.29, 0.717) is 21.3 Å². The van der Waals surface area contributed by atoms with E-state index in [2.05, 4.69) is 40.0 Å². The van der Waals surface area contributed by atoms with Crippen LogP contribution in [0.15, 0.2) is 92.0 Å². The summed E-state index contributed by atoms with van der Waals surface area (Å²) in [7, 11) is -3.90. The van der Waals surface area contributed by atoms with Crippen molar-refractivity contribution >= 4 is 83.8 Å². The molecule has 0 radical (unpaired) electrons. The molecule has 3 atom stereocenters. The highest BCUT2D eigenvalue weighted by molar-refractivity contribution is 9.10. The number of imide groups is 1. The number of hydrogen-bond acceptors (Lipinski definition) is 9. The number of amides is 3. The van der Waals surface area contributed by atoms with Crippen LogP contribution in [0.2, 0.25) is 0 Å². The molecule has 0 bridgehead atoms. The van der Waals surface area contributed by atoms with Gasteiger partial charge in [0.25, 0.3) is 0 Å². The van der Waals surface area contributed by atoms with E-state index in [9.17, 15) is 27.6 Å². The summed E-state index contributed by atoms with van der Waals surface area (Å²) in [5.74, 6) is -2.60. The predicted octanol–water partition coefficient (Wildman–Crippen LogP) is 4.60. The highest BCUT2D eigenvalue weighted by Gasteiger charge is 2.56. The molecule has 47 heavy (non-hydrogen) atoms. The van der Waals surface area contributed by atoms with Crippen molar-refractivity contribution in [2.24, 2.45) is 11.1 Å². The van der Waals surface area contributed by atoms with Crippen molar-refractivity contribution in [3.8, 4) is 0 Å². The Hall–Kier alpha value is -3.76. The lowest BCUT2D eigenvalue weighted by Crippen LogP contribution is -2.33. The third kappa shape index (κ3) is 6.29. The fourth-order valence-corrected chi connectivity index (χ4v) is 9.57. The van der Waals surface area contributed by atoms with Crippen LogP contribution in [-0.2, 0) is 31.0 Å². The maximum atomic E-state index is 14.1. The quantitative estimate of drug-likeness (QED) is 0.235. The van der Waals surface area contributed by atoms with Gasteiger partial charge in [-0.15, -0.1) is 0 Å². The number of benzene rings is 3. The summed E-state index contributed by atoms with van der Waals surface area (Å²) in [6.07, 6.45) is 0. The Bertz CT molecular complexity index is 2020. The van der Waals surface area contributed by atoms with Crippen LogP contribution in [0.5, 0.6) is 0 Å². The van der Waals surface area contributed by atoms with Gasteiger partial charge in [0.15, 0.2) is 0 Å². The minimum Gasteiger partial charge on any atom is -0.372 e. The topological polar surface area (TPSA) is 152 Å². The highest BCUT2D eigenvalue weighted by atomic mass is 79.9. The molecule has 244 valence electrons. The molecule has 2 aliphatic rings. The SMILES string of the molecule is CCN(CC)c1ccc([C@H]2c3sc(=O)n(CC(=O)Nc4ccc(S(N)(=O)=O)cc4)c3SC3C(=O)N(c4ccc(Br)cc4)C(=O)C32)cc1. The van der Waals surface area contributed by atoms with Crippen LogP contribution >= 0.6 is 39.0 Å². The number of fused-ring (bicyclic) bond motifs is 2. The van der Waals surface area contributed by atoms with Gasteiger partial charge in [0, 0.05) is 39.7 Å². The lowest BCUT2D eigenvalue weighted by molar-refractivity contribution is -0.122. The largest absolute Gasteiger partial charge is 0.372 e. The number of aromatic nitrogens is 1. The maximum Gasteiger partial charge on any atom is 0.308 e. The molecular formula is C32H30BrN5O6S3. The molecule has 0 aliphatic carbocycles. The smallest absolute Gasteiger partial charge is 0.308 e. The van der Waals surface area contributed by atoms with Crippen molar-refractivity contribution in [2.75, 3.05) is 28.2 Å². The van der Waals surface area contributed by atoms with Crippen molar-refractivity contribution < 1.29 is 22.8 Å². The Morgan fingerprint density at radius 2 is 1.57 bits per heavy atom. The average molecular weight is 757 g/mol. The Morgan fingerprint density at radius 3 is 2.17 bits per heavy atom. The molecule has 0 saturated carbocycles. The Labute approximate surface area is 287 Å². The standard InChI is InChI=1S/C32H30BrN5O6S3/c1-3-36(4-2)21-11-5-18(6-12-21)25-26-27(30(41)38(29(26)40)22-13-7-19(33)8-14-22)45-31-28(25)46-32(42)37(31)17-24(39)35-20-9-15-23(16-10-20)47(34,43)44/h5-16,25-27H,3-4,17H2,1-2H3,(H,35,39)(H2,34,43,44)/t25-,26?,27?/m1/s1. The number of hydrogen-bond donors (Lipinski definition) is 2. The fourth-order valence-electron chi connectivity index (χ4n) is 6.01. The number of nitrogens with one attached hydrogen (secondary N) is 1. The number of halogens is 1. The van der Waals surface area contributed by atoms with Gasteiger partial charge in [-0.2, -0.15) is 0 Å². The zero-order chi connectivity index (χ0) is 33.6. The summed E-state index contributed by atoms with van der Waals surface area (Å²) in [5, 5.41) is 7.50. The van der Waals surface area contributed by atoms with E-state index in [-0.39, 0.29) is 23.3 Å². The van der Waals surface area contributed by atoms with Crippen molar-refractivity contribution in [2.45, 2.75) is 41.5 Å². The minimum absolute atomic E-state index is 0.103. The van der Waals surface area contributed by atoms with E-state index in [1.165, 1.54) is 33.7 Å². The first-order valence-electron chi connectivity index (χ1n) is 14.7. The minimum atomic E-state index is -3.90. The summed E-state index contributed by atoms with van der Waals surface area (Å²) >= 11 is 5.51. The summed E-state index contributed by atoms with van der Waals surface area (Å²) in [4.78, 5) is 58.3. The molecule has 4 aromatic rings. The highest BCUT2D eigenvalue weighted by Crippen LogP contribution is 2.54. The molecule has 1 fully saturated rings. The Kier molecular flexibility index (Phi) is 9.19. The third-order valence-corrected chi connectivity index (χ3v) is 12.3. The molecule has 2 aliphatic heterocycles. The van der Waals surface area contributed by atoms with E-state index >= 15 is 0 Å². The zero-order valence-corrected chi connectivity index (χ0v) is 29.3. The van der Waals surface area contributed by atoms with Crippen molar-refractivity contribution in [3.05, 3.63) is 97.4 Å². The number of thiazole rings is 1. The van der Waals surface area contributed by atoms with Crippen LogP contribution in [0.25, 0.3) is 0 Å². The molecule has 2 unspecified atom stereocenters. The second-order valence-corrected chi connectivity index (χ2v) is 15.6. The monoisotopic (exact) mass is 755 g/mol. The number of nitrogens with two attached hydrogens (primary N) is 1. The zero-order valence-electron chi connectivity index (χ0n) is 25.3. The molecule has 1 saturated heterocycles. The molecule has 1 aromatic heterocycles. The van der Waals surface area contributed by atoms with Crippen molar-refractivity contribution in [1.29, 1.82) is 0 Å². The number of nitrogens with zero attached hydrogens (tertiary/aromatic N) is 3. The number of anilines is 3. The molecular weight excluding hydrogens is 726 g/mol. The van der Waals surface area contributed by atoms with Crippen molar-refractivity contribution in [1.82, 2.24) is 4.57 Å². The molecule has 3 amide bonds. The summed E-state index contributed by atoms with van der Waals surface area (Å²) < 4.78 is 25.3. The maximum absolute atomic E-state index is 14.1. The van der Waals surface area contributed by atoms with Gasteiger partial charge in [-0.05, 0) is 80.1 Å². The Morgan fingerprint density at radius 1 is 0.936 bits per heavy atom. The first-order valence-corrected chi connectivity index (χ1v) is 18.8. The van der Waals surface area contributed by atoms with E-state index in [1.807, 2.05) is 24.3 Å². The van der Waals surface area contributed by atoms with Crippen molar-refractivity contribution in [3.63, 3.8) is 0 Å². The first-order chi connectivity index (χ1) is 22.4. The molecule has 11 nitrogen and oxygen atoms in total. The van der Waals surface area contributed by atoms with Gasteiger partial charge in [0.1, 0.15) is 11.8 Å². The van der Waals surface area contributed by atoms with Crippen LogP contribution in [-0.4, -0.2) is 49.0 Å². The predicted molar refractivity (Wildman–Crippen MR) is 187 cm³/mol. The molecule has 6 rings (SSSR count). The first kappa shape index (κ1) is 33.2. The Balaban J connectivity index is 1.38. The number of thioether (sulfide) groups is 1. The second-order valence-electron chi connectivity index (χ2n) is 11.0. The molecule has 3 N–H and O–H groups in total. The van der Waals surface area contributed by atoms with Crippen LogP contribution in [0, 0.1) is 5.92 Å². The lowest BCUT2D eigenvalue weighted by atomic mass is 9.83. The number of carbonyl (C=O) groups is 3. The van der Waals surface area contributed by atoms with Gasteiger partial charge in [0.2, 0.25) is 27.7 Å². The van der Waals surface area contributed by atoms with Gasteiger partial charge in [-0.3, -0.25) is 23.7 Å².